The van der Waals surface area contributed by atoms with Crippen molar-refractivity contribution in [3.05, 3.63) is 0 Å². The molecular formula is C22H42O5S9. The SMILES string of the molecule is CCCCS(=O)CCSCSCSCCSC(=O)CCSCSCSCCC(=O)OCCSCCO. The van der Waals surface area contributed by atoms with E-state index < -0.39 is 10.8 Å². The van der Waals surface area contributed by atoms with E-state index in [0.29, 0.717) is 25.2 Å². The molecule has 0 aliphatic heterocycles. The molecule has 0 spiro atoms. The van der Waals surface area contributed by atoms with Crippen LogP contribution in [0.2, 0.25) is 0 Å². The number of hydrogen-bond acceptors (Lipinski definition) is 13. The van der Waals surface area contributed by atoms with Gasteiger partial charge in [0.1, 0.15) is 6.61 Å². The molecule has 1 N–H and O–H groups in total. The van der Waals surface area contributed by atoms with E-state index in [-0.39, 0.29) is 17.7 Å². The van der Waals surface area contributed by atoms with Gasteiger partial charge >= 0.3 is 5.97 Å². The number of unbranched alkanes of at least 4 members (excludes halogenated alkanes) is 1. The van der Waals surface area contributed by atoms with Gasteiger partial charge in [0.15, 0.2) is 5.12 Å². The zero-order valence-electron chi connectivity index (χ0n) is 21.2. The molecule has 0 aromatic heterocycles. The lowest BCUT2D eigenvalue weighted by Crippen LogP contribution is -2.08. The molecule has 0 aromatic carbocycles. The predicted molar refractivity (Wildman–Crippen MR) is 179 cm³/mol. The first-order valence-electron chi connectivity index (χ1n) is 11.9. The lowest BCUT2D eigenvalue weighted by Gasteiger charge is -2.05. The van der Waals surface area contributed by atoms with Crippen LogP contribution in [0.4, 0.5) is 0 Å². The Balaban J connectivity index is 3.28. The number of rotatable bonds is 28. The fourth-order valence-corrected chi connectivity index (χ4v) is 12.3. The highest BCUT2D eigenvalue weighted by Gasteiger charge is 2.05. The predicted octanol–water partition coefficient (Wildman–Crippen LogP) is 6.07. The maximum atomic E-state index is 12.0. The van der Waals surface area contributed by atoms with Gasteiger partial charge < -0.3 is 9.84 Å². The number of aliphatic hydroxyl groups is 1. The van der Waals surface area contributed by atoms with Crippen LogP contribution in [-0.4, -0.2) is 106 Å². The Labute approximate surface area is 255 Å². The van der Waals surface area contributed by atoms with Gasteiger partial charge in [-0.2, -0.15) is 58.8 Å². The maximum absolute atomic E-state index is 12.0. The third-order valence-corrected chi connectivity index (χ3v) is 15.1. The number of carbonyl (C=O) groups excluding carboxylic acids is 2. The lowest BCUT2D eigenvalue weighted by molar-refractivity contribution is -0.142. The summed E-state index contributed by atoms with van der Waals surface area (Å²) in [5, 5.41) is 13.0. The van der Waals surface area contributed by atoms with Crippen LogP contribution in [0, 0.1) is 0 Å². The summed E-state index contributed by atoms with van der Waals surface area (Å²) in [6, 6.07) is 0. The Bertz CT molecular complexity index is 544. The summed E-state index contributed by atoms with van der Waals surface area (Å²) in [5.41, 5.74) is 0. The first-order chi connectivity index (χ1) is 17.6. The number of hydrogen-bond donors (Lipinski definition) is 1. The molecule has 0 rings (SSSR count). The largest absolute Gasteiger partial charge is 0.465 e. The summed E-state index contributed by atoms with van der Waals surface area (Å²) in [4.78, 5) is 23.6. The van der Waals surface area contributed by atoms with Crippen molar-refractivity contribution in [2.75, 3.05) is 85.3 Å². The Morgan fingerprint density at radius 2 is 1.36 bits per heavy atom. The highest BCUT2D eigenvalue weighted by Crippen LogP contribution is 2.21. The molecule has 1 atom stereocenters. The minimum Gasteiger partial charge on any atom is -0.465 e. The quantitative estimate of drug-likeness (QED) is 0.0593. The van der Waals surface area contributed by atoms with Gasteiger partial charge in [0.2, 0.25) is 0 Å². The van der Waals surface area contributed by atoms with E-state index in [1.807, 2.05) is 47.0 Å². The monoisotopic (exact) mass is 674 g/mol. The van der Waals surface area contributed by atoms with Crippen LogP contribution in [0.3, 0.4) is 0 Å². The van der Waals surface area contributed by atoms with Crippen LogP contribution < -0.4 is 0 Å². The molecule has 0 bridgehead atoms. The summed E-state index contributed by atoms with van der Waals surface area (Å²) in [5.74, 6) is 7.44. The summed E-state index contributed by atoms with van der Waals surface area (Å²) in [6.45, 7) is 2.71. The first-order valence-corrected chi connectivity index (χ1v) is 22.5. The molecule has 0 saturated carbocycles. The van der Waals surface area contributed by atoms with Crippen LogP contribution in [0.15, 0.2) is 0 Å². The molecule has 36 heavy (non-hydrogen) atoms. The number of ether oxygens (including phenoxy) is 1. The minimum atomic E-state index is -0.639. The Kier molecular flexibility index (Phi) is 33.4. The van der Waals surface area contributed by atoms with Gasteiger partial charge in [-0.3, -0.25) is 13.8 Å². The van der Waals surface area contributed by atoms with Crippen LogP contribution in [0.25, 0.3) is 0 Å². The third-order valence-electron chi connectivity index (χ3n) is 3.97. The zero-order valence-corrected chi connectivity index (χ0v) is 28.5. The average Bonchev–Trinajstić information content (AvgIpc) is 2.87. The second kappa shape index (κ2) is 31.6. The number of esters is 1. The molecule has 0 aromatic rings. The van der Waals surface area contributed by atoms with Gasteiger partial charge in [0.25, 0.3) is 0 Å². The smallest absolute Gasteiger partial charge is 0.306 e. The van der Waals surface area contributed by atoms with Gasteiger partial charge in [-0.05, 0) is 6.42 Å². The van der Waals surface area contributed by atoms with E-state index in [4.69, 9.17) is 9.84 Å². The molecule has 0 heterocycles. The van der Waals surface area contributed by atoms with Gasteiger partial charge in [-0.15, -0.1) is 23.5 Å². The van der Waals surface area contributed by atoms with Crippen molar-refractivity contribution in [2.45, 2.75) is 32.6 Å². The molecule has 0 radical (unpaired) electrons. The molecule has 0 fully saturated rings. The molecule has 0 amide bonds. The van der Waals surface area contributed by atoms with Crippen LogP contribution in [-0.2, 0) is 25.1 Å². The highest BCUT2D eigenvalue weighted by molar-refractivity contribution is 8.23. The van der Waals surface area contributed by atoms with Gasteiger partial charge in [-0.25, -0.2) is 0 Å². The molecule has 5 nitrogen and oxygen atoms in total. The second-order valence-electron chi connectivity index (χ2n) is 6.99. The van der Waals surface area contributed by atoms with E-state index in [0.717, 1.165) is 79.2 Å². The van der Waals surface area contributed by atoms with Crippen molar-refractivity contribution in [1.29, 1.82) is 0 Å². The molecule has 0 aliphatic rings. The van der Waals surface area contributed by atoms with Crippen molar-refractivity contribution in [2.24, 2.45) is 0 Å². The fourth-order valence-electron chi connectivity index (χ4n) is 2.15. The summed E-state index contributed by atoms with van der Waals surface area (Å²) in [7, 11) is -0.639. The van der Waals surface area contributed by atoms with Crippen LogP contribution in [0.1, 0.15) is 32.6 Å². The minimum absolute atomic E-state index is 0.151. The van der Waals surface area contributed by atoms with Crippen molar-refractivity contribution in [3.63, 3.8) is 0 Å². The molecule has 14 heteroatoms. The summed E-state index contributed by atoms with van der Waals surface area (Å²) in [6.07, 6.45) is 3.25. The number of thioether (sulfide) groups is 8. The van der Waals surface area contributed by atoms with Crippen LogP contribution in [0.5, 0.6) is 0 Å². The van der Waals surface area contributed by atoms with Gasteiger partial charge in [0.05, 0.1) is 13.0 Å². The molecule has 1 unspecified atom stereocenters. The fraction of sp³-hybridized carbons (Fsp3) is 0.909. The van der Waals surface area contributed by atoms with Crippen molar-refractivity contribution in [3.8, 4) is 0 Å². The number of aliphatic hydroxyl groups excluding tert-OH is 1. The van der Waals surface area contributed by atoms with Crippen molar-refractivity contribution in [1.82, 2.24) is 0 Å². The molecular weight excluding hydrogens is 633 g/mol. The normalized spacial score (nSPS) is 12.1. The van der Waals surface area contributed by atoms with Gasteiger partial charge in [0, 0.05) is 89.3 Å². The maximum Gasteiger partial charge on any atom is 0.306 e. The van der Waals surface area contributed by atoms with E-state index in [1.54, 1.807) is 35.3 Å². The average molecular weight is 675 g/mol. The topological polar surface area (TPSA) is 80.7 Å². The summed E-state index contributed by atoms with van der Waals surface area (Å²) < 4.78 is 16.9. The Morgan fingerprint density at radius 3 is 2.03 bits per heavy atom. The second-order valence-corrected chi connectivity index (χ2v) is 18.9. The van der Waals surface area contributed by atoms with Gasteiger partial charge in [-0.1, -0.05) is 25.1 Å². The Morgan fingerprint density at radius 1 is 0.722 bits per heavy atom. The lowest BCUT2D eigenvalue weighted by atomic mass is 10.4. The van der Waals surface area contributed by atoms with Crippen molar-refractivity contribution >= 4 is 116 Å². The zero-order chi connectivity index (χ0) is 26.5. The molecule has 0 aliphatic carbocycles. The standard InChI is InChI=1S/C22H42O5S9/c1-2-3-15-36(26)16-14-32-20-34-19-31-12-13-35-22(25)5-9-30-18-33-17-29-8-4-21(24)27-7-11-28-10-6-23/h23H,2-20H2,1H3. The van der Waals surface area contributed by atoms with E-state index in [9.17, 15) is 13.8 Å². The third kappa shape index (κ3) is 30.6. The number of carbonyl (C=O) groups is 2. The van der Waals surface area contributed by atoms with Crippen LogP contribution >= 0.6 is 94.1 Å². The van der Waals surface area contributed by atoms with E-state index >= 15 is 0 Å². The highest BCUT2D eigenvalue weighted by atomic mass is 32.2. The molecule has 214 valence electrons. The first kappa shape index (κ1) is 38.0. The van der Waals surface area contributed by atoms with Crippen molar-refractivity contribution < 1.29 is 23.6 Å². The van der Waals surface area contributed by atoms with E-state index in [2.05, 4.69) is 6.92 Å². The van der Waals surface area contributed by atoms with E-state index in [1.165, 1.54) is 11.8 Å². The summed E-state index contributed by atoms with van der Waals surface area (Å²) >= 11 is 14.1. The molecule has 0 saturated heterocycles. The Hall–Kier alpha value is 2.05.